The van der Waals surface area contributed by atoms with E-state index < -0.39 is 5.92 Å². The number of nitrogens with one attached hydrogen (secondary N) is 1. The molecular formula is C24H28BrN3O4. The third-order valence-corrected chi connectivity index (χ3v) is 5.75. The first-order chi connectivity index (χ1) is 15.5. The molecule has 170 valence electrons. The molecule has 32 heavy (non-hydrogen) atoms. The minimum absolute atomic E-state index is 0.0600. The highest BCUT2D eigenvalue weighted by molar-refractivity contribution is 9.10. The summed E-state index contributed by atoms with van der Waals surface area (Å²) in [6.45, 7) is 7.24. The highest BCUT2D eigenvalue weighted by Gasteiger charge is 2.35. The molecule has 1 aliphatic rings. The minimum Gasteiger partial charge on any atom is -0.490 e. The number of anilines is 1. The van der Waals surface area contributed by atoms with Crippen LogP contribution in [0.4, 0.5) is 5.69 Å². The molecule has 1 saturated heterocycles. The van der Waals surface area contributed by atoms with Crippen molar-refractivity contribution in [2.24, 2.45) is 11.0 Å². The van der Waals surface area contributed by atoms with Crippen molar-refractivity contribution in [3.63, 3.8) is 0 Å². The summed E-state index contributed by atoms with van der Waals surface area (Å²) in [5.41, 5.74) is 5.32. The van der Waals surface area contributed by atoms with E-state index in [2.05, 4.69) is 33.4 Å². The average Bonchev–Trinajstić information content (AvgIpc) is 3.18. The van der Waals surface area contributed by atoms with Crippen LogP contribution in [0.1, 0.15) is 38.3 Å². The molecule has 7 nitrogen and oxygen atoms in total. The van der Waals surface area contributed by atoms with Gasteiger partial charge in [-0.15, -0.1) is 0 Å². The van der Waals surface area contributed by atoms with Gasteiger partial charge in [-0.3, -0.25) is 9.59 Å². The van der Waals surface area contributed by atoms with Gasteiger partial charge in [-0.05, 0) is 71.6 Å². The van der Waals surface area contributed by atoms with E-state index in [0.717, 1.165) is 22.1 Å². The number of hydrazone groups is 1. The fraction of sp³-hybridized carbons (Fsp3) is 0.375. The smallest absolute Gasteiger partial charge is 0.245 e. The molecule has 0 bridgehead atoms. The van der Waals surface area contributed by atoms with Gasteiger partial charge in [0.2, 0.25) is 11.8 Å². The Morgan fingerprint density at radius 2 is 1.91 bits per heavy atom. The van der Waals surface area contributed by atoms with E-state index in [1.54, 1.807) is 17.2 Å². The van der Waals surface area contributed by atoms with Crippen LogP contribution in [-0.4, -0.2) is 37.8 Å². The summed E-state index contributed by atoms with van der Waals surface area (Å²) >= 11 is 3.49. The lowest BCUT2D eigenvalue weighted by Crippen LogP contribution is -2.30. The van der Waals surface area contributed by atoms with Crippen LogP contribution < -0.4 is 19.8 Å². The molecule has 2 aromatic carbocycles. The molecule has 0 aliphatic carbocycles. The Kier molecular flexibility index (Phi) is 8.27. The Morgan fingerprint density at radius 1 is 1.19 bits per heavy atom. The van der Waals surface area contributed by atoms with E-state index in [1.807, 2.05) is 44.2 Å². The van der Waals surface area contributed by atoms with Crippen LogP contribution in [-0.2, 0) is 16.0 Å². The number of amides is 2. The number of carbonyl (C=O) groups is 2. The van der Waals surface area contributed by atoms with Gasteiger partial charge in [-0.2, -0.15) is 5.10 Å². The van der Waals surface area contributed by atoms with Gasteiger partial charge >= 0.3 is 0 Å². The van der Waals surface area contributed by atoms with Crippen molar-refractivity contribution >= 4 is 39.6 Å². The van der Waals surface area contributed by atoms with Crippen molar-refractivity contribution in [3.05, 3.63) is 52.0 Å². The van der Waals surface area contributed by atoms with Gasteiger partial charge in [-0.1, -0.05) is 19.1 Å². The fourth-order valence-electron chi connectivity index (χ4n) is 3.52. The van der Waals surface area contributed by atoms with Crippen molar-refractivity contribution < 1.29 is 19.1 Å². The lowest BCUT2D eigenvalue weighted by Gasteiger charge is -2.16. The highest BCUT2D eigenvalue weighted by Crippen LogP contribution is 2.36. The molecule has 8 heteroatoms. The second kappa shape index (κ2) is 11.1. The number of aryl methyl sites for hydroxylation is 1. The summed E-state index contributed by atoms with van der Waals surface area (Å²) in [4.78, 5) is 26.7. The van der Waals surface area contributed by atoms with Crippen molar-refractivity contribution in [1.82, 2.24) is 5.43 Å². The molecule has 2 aromatic rings. The van der Waals surface area contributed by atoms with Crippen LogP contribution >= 0.6 is 15.9 Å². The van der Waals surface area contributed by atoms with E-state index >= 15 is 0 Å². The summed E-state index contributed by atoms with van der Waals surface area (Å²) in [5, 5.41) is 4.08. The summed E-state index contributed by atoms with van der Waals surface area (Å²) in [6.07, 6.45) is 2.65. The molecular weight excluding hydrogens is 474 g/mol. The maximum Gasteiger partial charge on any atom is 0.245 e. The van der Waals surface area contributed by atoms with Crippen molar-refractivity contribution in [1.29, 1.82) is 0 Å². The number of carbonyl (C=O) groups excluding carboxylic acids is 2. The molecule has 1 fully saturated rings. The minimum atomic E-state index is -0.448. The van der Waals surface area contributed by atoms with E-state index in [9.17, 15) is 9.59 Å². The summed E-state index contributed by atoms with van der Waals surface area (Å²) in [5.74, 6) is 0.443. The lowest BCUT2D eigenvalue weighted by molar-refractivity contribution is -0.126. The van der Waals surface area contributed by atoms with Gasteiger partial charge < -0.3 is 14.4 Å². The Morgan fingerprint density at radius 3 is 2.56 bits per heavy atom. The van der Waals surface area contributed by atoms with E-state index in [1.165, 1.54) is 5.56 Å². The van der Waals surface area contributed by atoms with E-state index in [-0.39, 0.29) is 18.2 Å². The molecule has 1 N–H and O–H groups in total. The van der Waals surface area contributed by atoms with E-state index in [4.69, 9.17) is 9.47 Å². The molecule has 0 spiro atoms. The Labute approximate surface area is 196 Å². The second-order valence-electron chi connectivity index (χ2n) is 7.36. The number of ether oxygens (including phenoxy) is 2. The molecule has 0 saturated carbocycles. The zero-order valence-corrected chi connectivity index (χ0v) is 20.1. The van der Waals surface area contributed by atoms with Crippen LogP contribution in [0.3, 0.4) is 0 Å². The number of benzene rings is 2. The zero-order chi connectivity index (χ0) is 23.1. The zero-order valence-electron chi connectivity index (χ0n) is 18.6. The highest BCUT2D eigenvalue weighted by atomic mass is 79.9. The van der Waals surface area contributed by atoms with Gasteiger partial charge in [0.1, 0.15) is 0 Å². The first-order valence-corrected chi connectivity index (χ1v) is 11.6. The average molecular weight is 502 g/mol. The second-order valence-corrected chi connectivity index (χ2v) is 8.21. The van der Waals surface area contributed by atoms with Gasteiger partial charge in [0.15, 0.2) is 11.5 Å². The maximum absolute atomic E-state index is 12.6. The quantitative estimate of drug-likeness (QED) is 0.410. The summed E-state index contributed by atoms with van der Waals surface area (Å²) in [7, 11) is 0. The number of hydrogen-bond acceptors (Lipinski definition) is 5. The van der Waals surface area contributed by atoms with Crippen LogP contribution in [0.15, 0.2) is 46.0 Å². The number of rotatable bonds is 9. The summed E-state index contributed by atoms with van der Waals surface area (Å²) < 4.78 is 12.0. The van der Waals surface area contributed by atoms with Crippen LogP contribution in [0.25, 0.3) is 0 Å². The third-order valence-electron chi connectivity index (χ3n) is 5.16. The van der Waals surface area contributed by atoms with Gasteiger partial charge in [0.05, 0.1) is 29.8 Å². The van der Waals surface area contributed by atoms with Crippen LogP contribution in [0.5, 0.6) is 11.5 Å². The maximum atomic E-state index is 12.6. The SMILES string of the molecule is CCOc1cc(/C=N/NC(=O)[C@@H]2CC(=O)N(c3ccc(CC)cc3)C2)cc(Br)c1OCC. The van der Waals surface area contributed by atoms with E-state index in [0.29, 0.717) is 31.3 Å². The molecule has 1 heterocycles. The van der Waals surface area contributed by atoms with Crippen LogP contribution in [0, 0.1) is 5.92 Å². The Balaban J connectivity index is 1.63. The predicted octanol–water partition coefficient (Wildman–Crippen LogP) is 4.31. The molecule has 1 aliphatic heterocycles. The molecule has 0 radical (unpaired) electrons. The topological polar surface area (TPSA) is 80.2 Å². The third kappa shape index (κ3) is 5.68. The van der Waals surface area contributed by atoms with Crippen molar-refractivity contribution in [3.8, 4) is 11.5 Å². The molecule has 3 rings (SSSR count). The Bertz CT molecular complexity index is 991. The predicted molar refractivity (Wildman–Crippen MR) is 128 cm³/mol. The van der Waals surface area contributed by atoms with Crippen LogP contribution in [0.2, 0.25) is 0 Å². The lowest BCUT2D eigenvalue weighted by atomic mass is 10.1. The Hall–Kier alpha value is -2.87. The van der Waals surface area contributed by atoms with Gasteiger partial charge in [0, 0.05) is 18.7 Å². The largest absolute Gasteiger partial charge is 0.490 e. The van der Waals surface area contributed by atoms with Gasteiger partial charge in [0.25, 0.3) is 0 Å². The normalized spacial score (nSPS) is 15.9. The molecule has 0 unspecified atom stereocenters. The van der Waals surface area contributed by atoms with Gasteiger partial charge in [-0.25, -0.2) is 5.43 Å². The number of hydrogen-bond donors (Lipinski definition) is 1. The number of halogens is 1. The molecule has 1 atom stereocenters. The van der Waals surface area contributed by atoms with Crippen molar-refractivity contribution in [2.75, 3.05) is 24.7 Å². The monoisotopic (exact) mass is 501 g/mol. The standard InChI is InChI=1S/C24H28BrN3O4/c1-4-16-7-9-19(10-8-16)28-15-18(13-22(28)29)24(30)27-26-14-17-11-20(25)23(32-6-3)21(12-17)31-5-2/h7-12,14,18H,4-6,13,15H2,1-3H3,(H,27,30)/b26-14+/t18-/m1/s1. The first kappa shape index (κ1) is 23.8. The molecule has 0 aromatic heterocycles. The molecule has 2 amide bonds. The fourth-order valence-corrected chi connectivity index (χ4v) is 4.09. The van der Waals surface area contributed by atoms with Crippen molar-refractivity contribution in [2.45, 2.75) is 33.6 Å². The number of nitrogens with zero attached hydrogens (tertiary/aromatic N) is 2. The first-order valence-electron chi connectivity index (χ1n) is 10.8. The summed E-state index contributed by atoms with van der Waals surface area (Å²) in [6, 6.07) is 11.5.